The Kier molecular flexibility index (Phi) is 20.1. The summed E-state index contributed by atoms with van der Waals surface area (Å²) in [6.45, 7) is 15.0. The average molecular weight is 776 g/mol. The largest absolute Gasteiger partial charge is 0.480 e. The van der Waals surface area contributed by atoms with E-state index in [-0.39, 0.29) is 18.4 Å². The van der Waals surface area contributed by atoms with E-state index in [1.54, 1.807) is 4.90 Å². The maximum atomic E-state index is 13.1. The summed E-state index contributed by atoms with van der Waals surface area (Å²) in [4.78, 5) is 49.2. The quantitative estimate of drug-likeness (QED) is 0.184. The first kappa shape index (κ1) is 46.9. The molecule has 2 aliphatic rings. The van der Waals surface area contributed by atoms with Crippen LogP contribution in [-0.2, 0) is 38.3 Å². The van der Waals surface area contributed by atoms with Crippen LogP contribution in [0.5, 0.6) is 0 Å². The van der Waals surface area contributed by atoms with Crippen LogP contribution in [-0.4, -0.2) is 115 Å². The summed E-state index contributed by atoms with van der Waals surface area (Å²) in [6, 6.07) is 15.5. The molecule has 0 bridgehead atoms. The number of halogens is 2. The van der Waals surface area contributed by atoms with Gasteiger partial charge in [0.1, 0.15) is 23.5 Å². The van der Waals surface area contributed by atoms with Gasteiger partial charge in [-0.1, -0.05) is 36.4 Å². The first-order chi connectivity index (χ1) is 25.8. The Morgan fingerprint density at radius 1 is 0.673 bits per heavy atom. The highest BCUT2D eigenvalue weighted by atomic mass is 19.1. The standard InChI is InChI=1S/C21H31FN2O3.C13H20N2O2.C7H12FNO2/c1-21(2,3)27-20(26)23-11-8-16-4-6-17(7-5-16)14-19(25)15-24-12-9-18(22)10-13-24;1-13(2,3)17-12(16)15-9-8-10-4-6-11(14)7-5-10;8-6-1-3-9(4-2-6)5-7(10)11/h4-7,18H,8-15H2,1-3H3,(H,23,26);4-7H,8-9,14H2,1-3H3,(H,15,16);6H,1-5H2,(H,10,11). The molecule has 2 aromatic rings. The second-order valence-electron chi connectivity index (χ2n) is 15.9. The second kappa shape index (κ2) is 23.6. The van der Waals surface area contributed by atoms with Crippen LogP contribution in [0.15, 0.2) is 48.5 Å². The summed E-state index contributed by atoms with van der Waals surface area (Å²) < 4.78 is 36.0. The van der Waals surface area contributed by atoms with Crippen molar-refractivity contribution in [1.82, 2.24) is 20.4 Å². The lowest BCUT2D eigenvalue weighted by molar-refractivity contribution is -0.138. The molecule has 0 saturated carbocycles. The monoisotopic (exact) mass is 775 g/mol. The van der Waals surface area contributed by atoms with Gasteiger partial charge in [-0.3, -0.25) is 19.4 Å². The van der Waals surface area contributed by atoms with Gasteiger partial charge in [0.05, 0.1) is 13.1 Å². The summed E-state index contributed by atoms with van der Waals surface area (Å²) in [5.41, 5.74) is 8.58. The summed E-state index contributed by atoms with van der Waals surface area (Å²) in [6.07, 6.45) is 1.64. The molecule has 0 aromatic heterocycles. The number of nitrogens with one attached hydrogen (secondary N) is 2. The molecule has 2 amide bonds. The fourth-order valence-electron chi connectivity index (χ4n) is 5.60. The van der Waals surface area contributed by atoms with Crippen molar-refractivity contribution in [2.24, 2.45) is 0 Å². The van der Waals surface area contributed by atoms with E-state index in [1.165, 1.54) is 0 Å². The average Bonchev–Trinajstić information content (AvgIpc) is 3.07. The van der Waals surface area contributed by atoms with Crippen LogP contribution in [0.3, 0.4) is 0 Å². The van der Waals surface area contributed by atoms with Gasteiger partial charge in [0, 0.05) is 51.4 Å². The number of alkyl carbamates (subject to hydrolysis) is 2. The van der Waals surface area contributed by atoms with Crippen LogP contribution in [0.4, 0.5) is 24.1 Å². The van der Waals surface area contributed by atoms with Crippen molar-refractivity contribution >= 4 is 29.6 Å². The normalized spacial score (nSPS) is 15.7. The maximum Gasteiger partial charge on any atom is 0.407 e. The topological polar surface area (TPSA) is 164 Å². The van der Waals surface area contributed by atoms with Crippen molar-refractivity contribution in [2.75, 3.05) is 58.1 Å². The van der Waals surface area contributed by atoms with Crippen LogP contribution >= 0.6 is 0 Å². The Balaban J connectivity index is 0.000000317. The van der Waals surface area contributed by atoms with Crippen LogP contribution in [0.2, 0.25) is 0 Å². The lowest BCUT2D eigenvalue weighted by Crippen LogP contribution is -2.38. The number of nitrogens with zero attached hydrogens (tertiary/aromatic N) is 2. The molecule has 2 heterocycles. The van der Waals surface area contributed by atoms with Crippen molar-refractivity contribution in [3.63, 3.8) is 0 Å². The van der Waals surface area contributed by atoms with Crippen LogP contribution in [0, 0.1) is 0 Å². The van der Waals surface area contributed by atoms with E-state index in [4.69, 9.17) is 20.3 Å². The van der Waals surface area contributed by atoms with E-state index in [0.717, 1.165) is 28.8 Å². The molecule has 5 N–H and O–H groups in total. The zero-order chi connectivity index (χ0) is 41.0. The van der Waals surface area contributed by atoms with Gasteiger partial charge in [-0.2, -0.15) is 0 Å². The first-order valence-electron chi connectivity index (χ1n) is 19.1. The molecule has 2 saturated heterocycles. The number of hydrogen-bond donors (Lipinski definition) is 4. The SMILES string of the molecule is CC(C)(C)OC(=O)NCCc1ccc(CC(=O)CN2CCC(F)CC2)cc1.CC(C)(C)OC(=O)NCCc1ccc(N)cc1.O=C(O)CN1CCC(F)CC1. The van der Waals surface area contributed by atoms with Gasteiger partial charge >= 0.3 is 18.2 Å². The number of benzene rings is 2. The fourth-order valence-corrected chi connectivity index (χ4v) is 5.60. The van der Waals surface area contributed by atoms with Crippen molar-refractivity contribution in [3.8, 4) is 0 Å². The summed E-state index contributed by atoms with van der Waals surface area (Å²) >= 11 is 0. The van der Waals surface area contributed by atoms with E-state index >= 15 is 0 Å². The number of nitrogen functional groups attached to an aromatic ring is 1. The van der Waals surface area contributed by atoms with Crippen molar-refractivity contribution in [3.05, 3.63) is 65.2 Å². The molecule has 0 radical (unpaired) electrons. The number of amides is 2. The van der Waals surface area contributed by atoms with Gasteiger partial charge in [-0.15, -0.1) is 0 Å². The van der Waals surface area contributed by atoms with Crippen LogP contribution in [0.25, 0.3) is 0 Å². The zero-order valence-corrected chi connectivity index (χ0v) is 33.5. The number of Topliss-reactive ketones (excluding diaryl/α,β-unsaturated/α-hetero) is 1. The predicted octanol–water partition coefficient (Wildman–Crippen LogP) is 6.14. The van der Waals surface area contributed by atoms with E-state index in [9.17, 15) is 28.0 Å². The summed E-state index contributed by atoms with van der Waals surface area (Å²) in [5.74, 6) is -0.672. The molecule has 2 aliphatic heterocycles. The Morgan fingerprint density at radius 2 is 1.04 bits per heavy atom. The number of carboxylic acid groups (broad SMARTS) is 1. The molecule has 4 rings (SSSR count). The van der Waals surface area contributed by atoms with Gasteiger partial charge in [0.15, 0.2) is 5.78 Å². The second-order valence-corrected chi connectivity index (χ2v) is 15.9. The molecule has 308 valence electrons. The predicted molar refractivity (Wildman–Crippen MR) is 211 cm³/mol. The minimum atomic E-state index is -0.831. The van der Waals surface area contributed by atoms with E-state index in [0.29, 0.717) is 84.3 Å². The van der Waals surface area contributed by atoms with Gasteiger partial charge < -0.3 is 30.9 Å². The number of piperidine rings is 2. The number of nitrogens with two attached hydrogens (primary N) is 1. The third kappa shape index (κ3) is 23.3. The number of carboxylic acids is 1. The minimum absolute atomic E-state index is 0.0483. The number of hydrogen-bond acceptors (Lipinski definition) is 9. The molecule has 0 aliphatic carbocycles. The summed E-state index contributed by atoms with van der Waals surface area (Å²) in [7, 11) is 0. The fraction of sp³-hybridized carbons (Fsp3) is 0.610. The van der Waals surface area contributed by atoms with Crippen LogP contribution < -0.4 is 16.4 Å². The highest BCUT2D eigenvalue weighted by Crippen LogP contribution is 2.15. The first-order valence-corrected chi connectivity index (χ1v) is 19.1. The number of anilines is 1. The van der Waals surface area contributed by atoms with Gasteiger partial charge in [0.2, 0.25) is 0 Å². The van der Waals surface area contributed by atoms with E-state index in [1.807, 2.05) is 95.0 Å². The molecule has 14 heteroatoms. The third-order valence-electron chi connectivity index (χ3n) is 8.36. The molecule has 55 heavy (non-hydrogen) atoms. The maximum absolute atomic E-state index is 13.1. The number of aliphatic carboxylic acids is 1. The lowest BCUT2D eigenvalue weighted by atomic mass is 10.0. The molecule has 0 atom stereocenters. The van der Waals surface area contributed by atoms with Crippen molar-refractivity contribution in [1.29, 1.82) is 0 Å². The summed E-state index contributed by atoms with van der Waals surface area (Å²) in [5, 5.41) is 13.8. The van der Waals surface area contributed by atoms with Gasteiger partial charge in [0.25, 0.3) is 0 Å². The van der Waals surface area contributed by atoms with Gasteiger partial charge in [-0.25, -0.2) is 18.4 Å². The molecular formula is C41H63F2N5O7. The smallest absolute Gasteiger partial charge is 0.407 e. The van der Waals surface area contributed by atoms with Crippen molar-refractivity contribution < 1.29 is 42.5 Å². The Morgan fingerprint density at radius 3 is 1.42 bits per heavy atom. The highest BCUT2D eigenvalue weighted by molar-refractivity contribution is 5.82. The Labute approximate surface area is 325 Å². The number of alkyl halides is 2. The number of ether oxygens (including phenoxy) is 2. The highest BCUT2D eigenvalue weighted by Gasteiger charge is 2.21. The molecular weight excluding hydrogens is 712 g/mol. The molecule has 12 nitrogen and oxygen atoms in total. The lowest BCUT2D eigenvalue weighted by Gasteiger charge is -2.27. The molecule has 2 aromatic carbocycles. The van der Waals surface area contributed by atoms with E-state index < -0.39 is 35.6 Å². The number of carbonyl (C=O) groups is 4. The Bertz CT molecular complexity index is 1450. The molecule has 2 fully saturated rings. The van der Waals surface area contributed by atoms with Crippen molar-refractivity contribution in [2.45, 2.75) is 110 Å². The Hall–Kier alpha value is -4.30. The van der Waals surface area contributed by atoms with Gasteiger partial charge in [-0.05, 0) is 109 Å². The third-order valence-corrected chi connectivity index (χ3v) is 8.36. The molecule has 0 spiro atoms. The van der Waals surface area contributed by atoms with Crippen LogP contribution in [0.1, 0.15) is 83.9 Å². The number of carbonyl (C=O) groups excluding carboxylic acids is 3. The molecule has 0 unspecified atom stereocenters. The number of rotatable bonds is 12. The number of ketones is 1. The number of likely N-dealkylation sites (tertiary alicyclic amines) is 2. The zero-order valence-electron chi connectivity index (χ0n) is 33.5. The minimum Gasteiger partial charge on any atom is -0.480 e. The van der Waals surface area contributed by atoms with E-state index in [2.05, 4.69) is 10.6 Å².